The van der Waals surface area contributed by atoms with Gasteiger partial charge in [-0.1, -0.05) is 76.1 Å². The fourth-order valence-electron chi connectivity index (χ4n) is 2.46. The average Bonchev–Trinajstić information content (AvgIpc) is 2.68. The average molecular weight is 412 g/mol. The second-order valence-corrected chi connectivity index (χ2v) is 6.86. The summed E-state index contributed by atoms with van der Waals surface area (Å²) in [6, 6.07) is 18.3. The van der Waals surface area contributed by atoms with Gasteiger partial charge in [0.2, 0.25) is 0 Å². The van der Waals surface area contributed by atoms with Gasteiger partial charge in [-0.25, -0.2) is 0 Å². The smallest absolute Gasteiger partial charge is 0.0653 e. The zero-order valence-corrected chi connectivity index (χ0v) is 16.8. The van der Waals surface area contributed by atoms with Gasteiger partial charge in [0.25, 0.3) is 0 Å². The molecule has 136 valence electrons. The first-order chi connectivity index (χ1) is 12.6. The minimum Gasteiger partial charge on any atom is -0.388 e. The van der Waals surface area contributed by atoms with Crippen LogP contribution >= 0.6 is 15.9 Å². The molecule has 1 heterocycles. The number of allylic oxidation sites excluding steroid dienone is 2. The third-order valence-electron chi connectivity index (χ3n) is 3.91. The molecule has 4 N–H and O–H groups in total. The van der Waals surface area contributed by atoms with E-state index in [9.17, 15) is 0 Å². The van der Waals surface area contributed by atoms with Crippen LogP contribution in [0.1, 0.15) is 11.1 Å². The van der Waals surface area contributed by atoms with Crippen LogP contribution in [0.4, 0.5) is 0 Å². The van der Waals surface area contributed by atoms with Gasteiger partial charge in [-0.2, -0.15) is 0 Å². The number of aryl methyl sites for hydroxylation is 1. The number of nitrogens with two attached hydrogens (primary N) is 1. The Labute approximate surface area is 164 Å². The van der Waals surface area contributed by atoms with Crippen LogP contribution in [0, 0.1) is 6.92 Å². The van der Waals surface area contributed by atoms with Crippen LogP contribution in [0.2, 0.25) is 0 Å². The van der Waals surface area contributed by atoms with Crippen LogP contribution in [0.3, 0.4) is 0 Å². The lowest BCUT2D eigenvalue weighted by atomic mass is 10.1. The summed E-state index contributed by atoms with van der Waals surface area (Å²) in [5.41, 5.74) is 10.7. The molecule has 0 bridgehead atoms. The number of benzene rings is 2. The topological polar surface area (TPSA) is 50.1 Å². The molecule has 4 heteroatoms. The van der Waals surface area contributed by atoms with E-state index >= 15 is 0 Å². The van der Waals surface area contributed by atoms with E-state index in [0.29, 0.717) is 0 Å². The molecule has 1 aliphatic heterocycles. The van der Waals surface area contributed by atoms with E-state index in [1.165, 1.54) is 5.56 Å². The summed E-state index contributed by atoms with van der Waals surface area (Å²) in [6.07, 6.45) is 8.13. The zero-order chi connectivity index (χ0) is 18.8. The van der Waals surface area contributed by atoms with E-state index in [0.717, 1.165) is 28.0 Å². The number of hydrogen-bond acceptors (Lipinski definition) is 3. The van der Waals surface area contributed by atoms with Gasteiger partial charge in [-0.3, -0.25) is 0 Å². The third-order valence-corrected chi connectivity index (χ3v) is 4.43. The standard InChI is InChI=1S/C15H18BrN3.C7H8/c1-18-15(11-5-7-12(16)8-6-11)10-13(17)14-4-2-3-9-19-14;1-7-5-3-2-4-6-7/h2-8,10,13,18-19H,9,17H2,1H3;2-6H,1H3/b15-10-;. The Bertz CT molecular complexity index is 762. The number of hydrogen-bond donors (Lipinski definition) is 3. The third kappa shape index (κ3) is 6.54. The van der Waals surface area contributed by atoms with Gasteiger partial charge in [0.1, 0.15) is 0 Å². The molecule has 0 saturated carbocycles. The van der Waals surface area contributed by atoms with Crippen molar-refractivity contribution in [3.05, 3.63) is 100 Å². The van der Waals surface area contributed by atoms with E-state index in [1.807, 2.05) is 55.6 Å². The van der Waals surface area contributed by atoms with Gasteiger partial charge in [0, 0.05) is 29.5 Å². The van der Waals surface area contributed by atoms with Crippen molar-refractivity contribution >= 4 is 21.6 Å². The Balaban J connectivity index is 0.000000290. The first-order valence-electron chi connectivity index (χ1n) is 8.63. The molecule has 1 unspecified atom stereocenters. The monoisotopic (exact) mass is 411 g/mol. The SMILES string of the molecule is CN/C(=C\C(N)C1=CC=CCN1)c1ccc(Br)cc1.Cc1ccccc1. The van der Waals surface area contributed by atoms with Gasteiger partial charge in [-0.05, 0) is 36.8 Å². The van der Waals surface area contributed by atoms with Crippen molar-refractivity contribution < 1.29 is 0 Å². The van der Waals surface area contributed by atoms with E-state index < -0.39 is 0 Å². The highest BCUT2D eigenvalue weighted by Crippen LogP contribution is 2.17. The van der Waals surface area contributed by atoms with Crippen molar-refractivity contribution in [2.45, 2.75) is 13.0 Å². The Morgan fingerprint density at radius 3 is 2.35 bits per heavy atom. The number of rotatable bonds is 4. The van der Waals surface area contributed by atoms with E-state index in [2.05, 4.69) is 63.8 Å². The van der Waals surface area contributed by atoms with Crippen molar-refractivity contribution in [1.82, 2.24) is 10.6 Å². The Kier molecular flexibility index (Phi) is 8.19. The first kappa shape index (κ1) is 20.0. The van der Waals surface area contributed by atoms with Gasteiger partial charge in [-0.15, -0.1) is 0 Å². The van der Waals surface area contributed by atoms with Crippen molar-refractivity contribution in [2.75, 3.05) is 13.6 Å². The molecule has 0 aliphatic carbocycles. The molecule has 2 aromatic carbocycles. The molecule has 0 amide bonds. The first-order valence-corrected chi connectivity index (χ1v) is 9.43. The van der Waals surface area contributed by atoms with E-state index in [1.54, 1.807) is 0 Å². The quantitative estimate of drug-likeness (QED) is 0.699. The Morgan fingerprint density at radius 2 is 1.85 bits per heavy atom. The van der Waals surface area contributed by atoms with Crippen molar-refractivity contribution in [3.8, 4) is 0 Å². The molecule has 2 aromatic rings. The summed E-state index contributed by atoms with van der Waals surface area (Å²) in [4.78, 5) is 0. The Morgan fingerprint density at radius 1 is 1.15 bits per heavy atom. The normalized spacial score (nSPS) is 14.5. The molecule has 0 radical (unpaired) electrons. The second-order valence-electron chi connectivity index (χ2n) is 5.95. The summed E-state index contributed by atoms with van der Waals surface area (Å²) < 4.78 is 1.07. The maximum Gasteiger partial charge on any atom is 0.0653 e. The molecule has 0 fully saturated rings. The molecule has 0 spiro atoms. The van der Waals surface area contributed by atoms with Gasteiger partial charge in [0.05, 0.1) is 6.04 Å². The maximum absolute atomic E-state index is 6.20. The van der Waals surface area contributed by atoms with Crippen molar-refractivity contribution in [1.29, 1.82) is 0 Å². The zero-order valence-electron chi connectivity index (χ0n) is 15.2. The fourth-order valence-corrected chi connectivity index (χ4v) is 2.73. The van der Waals surface area contributed by atoms with Crippen molar-refractivity contribution in [2.24, 2.45) is 5.73 Å². The molecular weight excluding hydrogens is 386 g/mol. The van der Waals surface area contributed by atoms with Crippen LogP contribution in [-0.4, -0.2) is 19.6 Å². The maximum atomic E-state index is 6.20. The van der Waals surface area contributed by atoms with Crippen LogP contribution in [0.5, 0.6) is 0 Å². The minimum atomic E-state index is -0.143. The number of halogens is 1. The summed E-state index contributed by atoms with van der Waals surface area (Å²) in [5, 5.41) is 6.48. The molecular formula is C22H26BrN3. The molecule has 1 atom stereocenters. The molecule has 26 heavy (non-hydrogen) atoms. The van der Waals surface area contributed by atoms with Gasteiger partial charge < -0.3 is 16.4 Å². The molecule has 0 saturated heterocycles. The Hall–Kier alpha value is -2.30. The highest BCUT2D eigenvalue weighted by atomic mass is 79.9. The summed E-state index contributed by atoms with van der Waals surface area (Å²) in [5.74, 6) is 0. The highest BCUT2D eigenvalue weighted by Gasteiger charge is 2.09. The molecule has 3 rings (SSSR count). The van der Waals surface area contributed by atoms with Crippen LogP contribution in [0.15, 0.2) is 89.1 Å². The number of dihydropyridines is 1. The summed E-state index contributed by atoms with van der Waals surface area (Å²) in [7, 11) is 1.91. The minimum absolute atomic E-state index is 0.143. The summed E-state index contributed by atoms with van der Waals surface area (Å²) >= 11 is 3.44. The fraction of sp³-hybridized carbons (Fsp3) is 0.182. The summed E-state index contributed by atoms with van der Waals surface area (Å²) in [6.45, 7) is 2.92. The lowest BCUT2D eigenvalue weighted by molar-refractivity contribution is 0.781. The molecule has 3 nitrogen and oxygen atoms in total. The van der Waals surface area contributed by atoms with E-state index in [-0.39, 0.29) is 6.04 Å². The lowest BCUT2D eigenvalue weighted by Gasteiger charge is -2.18. The van der Waals surface area contributed by atoms with E-state index in [4.69, 9.17) is 5.73 Å². The van der Waals surface area contributed by atoms with Crippen molar-refractivity contribution in [3.63, 3.8) is 0 Å². The van der Waals surface area contributed by atoms with Crippen LogP contribution < -0.4 is 16.4 Å². The predicted octanol–water partition coefficient (Wildman–Crippen LogP) is 4.38. The lowest BCUT2D eigenvalue weighted by Crippen LogP contribution is -2.32. The molecule has 0 aromatic heterocycles. The van der Waals surface area contributed by atoms with Gasteiger partial charge >= 0.3 is 0 Å². The van der Waals surface area contributed by atoms with Gasteiger partial charge in [0.15, 0.2) is 0 Å². The second kappa shape index (κ2) is 10.6. The van der Waals surface area contributed by atoms with Crippen LogP contribution in [0.25, 0.3) is 5.70 Å². The van der Waals surface area contributed by atoms with Crippen LogP contribution in [-0.2, 0) is 0 Å². The molecule has 1 aliphatic rings. The number of nitrogens with one attached hydrogen (secondary N) is 2. The predicted molar refractivity (Wildman–Crippen MR) is 116 cm³/mol. The largest absolute Gasteiger partial charge is 0.388 e. The highest BCUT2D eigenvalue weighted by molar-refractivity contribution is 9.10.